The van der Waals surface area contributed by atoms with Gasteiger partial charge in [-0.25, -0.2) is 0 Å². The van der Waals surface area contributed by atoms with Gasteiger partial charge in [0.05, 0.1) is 10.8 Å². The van der Waals surface area contributed by atoms with E-state index in [1.54, 1.807) is 31.5 Å². The smallest absolute Gasteiger partial charge is 0.358 e. The van der Waals surface area contributed by atoms with Crippen molar-refractivity contribution in [1.82, 2.24) is 14.8 Å². The highest BCUT2D eigenvalue weighted by atomic mass is 79.9. The minimum atomic E-state index is -0.603. The molecule has 0 spiro atoms. The summed E-state index contributed by atoms with van der Waals surface area (Å²) in [6.07, 6.45) is 3.10. The van der Waals surface area contributed by atoms with E-state index in [1.165, 1.54) is 4.68 Å². The van der Waals surface area contributed by atoms with Crippen molar-refractivity contribution >= 4 is 33.3 Å². The number of halogens is 1. The molecule has 2 heterocycles. The van der Waals surface area contributed by atoms with Crippen molar-refractivity contribution < 1.29 is 9.72 Å². The van der Waals surface area contributed by atoms with Gasteiger partial charge in [0.25, 0.3) is 0 Å². The number of anilines is 1. The fourth-order valence-corrected chi connectivity index (χ4v) is 1.98. The van der Waals surface area contributed by atoms with E-state index in [1.807, 2.05) is 0 Å². The van der Waals surface area contributed by atoms with Gasteiger partial charge in [-0.3, -0.25) is 9.78 Å². The third kappa shape index (κ3) is 2.99. The number of amides is 1. The molecule has 0 atom stereocenters. The number of rotatable bonds is 4. The third-order valence-corrected chi connectivity index (χ3v) is 3.48. The van der Waals surface area contributed by atoms with Crippen molar-refractivity contribution in [3.05, 3.63) is 44.8 Å². The number of aromatic nitrogens is 3. The standard InChI is InChI=1S/C11H10BrN5O3/c1-7-10(12)11(17(19)20)15-16(7)6-9(18)14-8-2-4-13-5-3-8/h2-5H,6H2,1H3,(H,13,14,18). The summed E-state index contributed by atoms with van der Waals surface area (Å²) in [7, 11) is 0. The molecule has 0 aliphatic carbocycles. The van der Waals surface area contributed by atoms with Crippen molar-refractivity contribution in [3.63, 3.8) is 0 Å². The van der Waals surface area contributed by atoms with Crippen LogP contribution in [0.2, 0.25) is 0 Å². The Labute approximate surface area is 122 Å². The summed E-state index contributed by atoms with van der Waals surface area (Å²) >= 11 is 3.09. The average Bonchev–Trinajstić information content (AvgIpc) is 2.68. The lowest BCUT2D eigenvalue weighted by Gasteiger charge is -2.03. The lowest BCUT2D eigenvalue weighted by Crippen LogP contribution is -2.20. The van der Waals surface area contributed by atoms with Gasteiger partial charge in [-0.2, -0.15) is 4.68 Å². The minimum absolute atomic E-state index is 0.111. The van der Waals surface area contributed by atoms with Crippen molar-refractivity contribution in [2.75, 3.05) is 5.32 Å². The van der Waals surface area contributed by atoms with Crippen LogP contribution >= 0.6 is 15.9 Å². The zero-order valence-corrected chi connectivity index (χ0v) is 12.0. The number of nitrogens with zero attached hydrogens (tertiary/aromatic N) is 4. The molecular formula is C11H10BrN5O3. The monoisotopic (exact) mass is 339 g/mol. The highest BCUT2D eigenvalue weighted by Crippen LogP contribution is 2.26. The van der Waals surface area contributed by atoms with Crippen LogP contribution < -0.4 is 5.32 Å². The number of hydrogen-bond acceptors (Lipinski definition) is 5. The van der Waals surface area contributed by atoms with Gasteiger partial charge in [0, 0.05) is 18.1 Å². The molecule has 0 aliphatic rings. The second-order valence-corrected chi connectivity index (χ2v) is 4.71. The molecule has 2 rings (SSSR count). The molecule has 2 aromatic rings. The Bertz CT molecular complexity index is 656. The molecule has 0 radical (unpaired) electrons. The quantitative estimate of drug-likeness (QED) is 0.676. The Hall–Kier alpha value is -2.29. The second kappa shape index (κ2) is 5.78. The van der Waals surface area contributed by atoms with Gasteiger partial charge in [0.2, 0.25) is 5.91 Å². The van der Waals surface area contributed by atoms with Gasteiger partial charge in [-0.1, -0.05) is 0 Å². The molecule has 1 N–H and O–H groups in total. The molecule has 1 amide bonds. The summed E-state index contributed by atoms with van der Waals surface area (Å²) in [6, 6.07) is 3.29. The SMILES string of the molecule is Cc1c(Br)c([N+](=O)[O-])nn1CC(=O)Nc1ccncc1. The third-order valence-electron chi connectivity index (χ3n) is 2.55. The van der Waals surface area contributed by atoms with E-state index in [4.69, 9.17) is 0 Å². The molecule has 0 saturated heterocycles. The van der Waals surface area contributed by atoms with Crippen molar-refractivity contribution in [2.24, 2.45) is 0 Å². The molecule has 104 valence electrons. The van der Waals surface area contributed by atoms with Gasteiger partial charge < -0.3 is 15.4 Å². The van der Waals surface area contributed by atoms with Crippen LogP contribution in [0.15, 0.2) is 29.0 Å². The van der Waals surface area contributed by atoms with Crippen LogP contribution in [0.25, 0.3) is 0 Å². The van der Waals surface area contributed by atoms with E-state index in [0.29, 0.717) is 11.4 Å². The minimum Gasteiger partial charge on any atom is -0.358 e. The van der Waals surface area contributed by atoms with Gasteiger partial charge in [-0.05, 0) is 39.9 Å². The zero-order valence-electron chi connectivity index (χ0n) is 10.4. The van der Waals surface area contributed by atoms with Crippen LogP contribution in [-0.4, -0.2) is 25.6 Å². The lowest BCUT2D eigenvalue weighted by molar-refractivity contribution is -0.390. The summed E-state index contributed by atoms with van der Waals surface area (Å²) in [5, 5.41) is 17.2. The summed E-state index contributed by atoms with van der Waals surface area (Å²) in [4.78, 5) is 25.8. The van der Waals surface area contributed by atoms with E-state index < -0.39 is 4.92 Å². The topological polar surface area (TPSA) is 103 Å². The summed E-state index contributed by atoms with van der Waals surface area (Å²) < 4.78 is 1.55. The van der Waals surface area contributed by atoms with E-state index in [9.17, 15) is 14.9 Å². The molecule has 2 aromatic heterocycles. The van der Waals surface area contributed by atoms with Crippen LogP contribution in [0.1, 0.15) is 5.69 Å². The Morgan fingerprint density at radius 1 is 1.50 bits per heavy atom. The van der Waals surface area contributed by atoms with E-state index in [2.05, 4.69) is 31.3 Å². The first-order chi connectivity index (χ1) is 9.49. The predicted octanol–water partition coefficient (Wildman–Crippen LogP) is 1.90. The molecule has 0 aromatic carbocycles. The van der Waals surface area contributed by atoms with Gasteiger partial charge in [0.15, 0.2) is 0 Å². The number of hydrogen-bond donors (Lipinski definition) is 1. The first-order valence-corrected chi connectivity index (χ1v) is 6.35. The van der Waals surface area contributed by atoms with Gasteiger partial charge in [-0.15, -0.1) is 0 Å². The van der Waals surface area contributed by atoms with Gasteiger partial charge in [0.1, 0.15) is 11.0 Å². The molecule has 0 unspecified atom stereocenters. The number of nitro groups is 1. The molecular weight excluding hydrogens is 330 g/mol. The maximum Gasteiger partial charge on any atom is 0.404 e. The summed E-state index contributed by atoms with van der Waals surface area (Å²) in [5.41, 5.74) is 1.12. The maximum absolute atomic E-state index is 11.8. The van der Waals surface area contributed by atoms with Crippen molar-refractivity contribution in [3.8, 4) is 0 Å². The normalized spacial score (nSPS) is 10.3. The number of carbonyl (C=O) groups excluding carboxylic acids is 1. The van der Waals surface area contributed by atoms with Crippen LogP contribution in [0, 0.1) is 17.0 Å². The summed E-state index contributed by atoms with van der Waals surface area (Å²) in [5.74, 6) is -0.636. The van der Waals surface area contributed by atoms with Crippen LogP contribution in [0.3, 0.4) is 0 Å². The fourth-order valence-electron chi connectivity index (χ4n) is 1.55. The second-order valence-electron chi connectivity index (χ2n) is 3.92. The maximum atomic E-state index is 11.8. The van der Waals surface area contributed by atoms with E-state index in [0.717, 1.165) is 0 Å². The Morgan fingerprint density at radius 2 is 2.15 bits per heavy atom. The predicted molar refractivity (Wildman–Crippen MR) is 74.2 cm³/mol. The molecule has 0 aliphatic heterocycles. The Balaban J connectivity index is 2.12. The molecule has 0 bridgehead atoms. The van der Waals surface area contributed by atoms with Gasteiger partial charge >= 0.3 is 5.82 Å². The summed E-state index contributed by atoms with van der Waals surface area (Å²) in [6.45, 7) is 1.53. The van der Waals surface area contributed by atoms with Crippen LogP contribution in [0.5, 0.6) is 0 Å². The molecule has 0 fully saturated rings. The largest absolute Gasteiger partial charge is 0.404 e. The highest BCUT2D eigenvalue weighted by Gasteiger charge is 2.24. The van der Waals surface area contributed by atoms with Crippen LogP contribution in [0.4, 0.5) is 11.5 Å². The number of pyridine rings is 1. The zero-order chi connectivity index (χ0) is 14.7. The molecule has 0 saturated carbocycles. The number of nitrogens with one attached hydrogen (secondary N) is 1. The molecule has 8 nitrogen and oxygen atoms in total. The number of carbonyl (C=O) groups is 1. The fraction of sp³-hybridized carbons (Fsp3) is 0.182. The first kappa shape index (κ1) is 14.1. The molecule has 9 heteroatoms. The van der Waals surface area contributed by atoms with Crippen molar-refractivity contribution in [2.45, 2.75) is 13.5 Å². The Morgan fingerprint density at radius 3 is 2.70 bits per heavy atom. The first-order valence-electron chi connectivity index (χ1n) is 5.56. The highest BCUT2D eigenvalue weighted by molar-refractivity contribution is 9.10. The van der Waals surface area contributed by atoms with E-state index >= 15 is 0 Å². The van der Waals surface area contributed by atoms with E-state index in [-0.39, 0.29) is 22.7 Å². The lowest BCUT2D eigenvalue weighted by atomic mass is 10.4. The van der Waals surface area contributed by atoms with Crippen LogP contribution in [-0.2, 0) is 11.3 Å². The Kier molecular flexibility index (Phi) is 4.08. The average molecular weight is 340 g/mol. The molecule has 20 heavy (non-hydrogen) atoms. The van der Waals surface area contributed by atoms with Crippen molar-refractivity contribution in [1.29, 1.82) is 0 Å².